The number of hydrogen-bond donors (Lipinski definition) is 0. The Kier molecular flexibility index (Phi) is 5.92. The Labute approximate surface area is 112 Å². The molecule has 0 aromatic heterocycles. The number of ether oxygens (including phenoxy) is 1. The molecule has 4 heteroatoms. The van der Waals surface area contributed by atoms with Crippen molar-refractivity contribution >= 4 is 23.5 Å². The molecule has 0 bridgehead atoms. The predicted octanol–water partition coefficient (Wildman–Crippen LogP) is 2.73. The van der Waals surface area contributed by atoms with E-state index < -0.39 is 0 Å². The van der Waals surface area contributed by atoms with Crippen molar-refractivity contribution in [3.05, 3.63) is 35.4 Å². The van der Waals surface area contributed by atoms with Gasteiger partial charge in [0, 0.05) is 5.56 Å². The van der Waals surface area contributed by atoms with Crippen molar-refractivity contribution in [3.8, 4) is 0 Å². The molecule has 98 valence electrons. The van der Waals surface area contributed by atoms with Crippen LogP contribution in [0.5, 0.6) is 0 Å². The highest BCUT2D eigenvalue weighted by molar-refractivity contribution is 8.01. The van der Waals surface area contributed by atoms with Gasteiger partial charge in [0.15, 0.2) is 5.78 Å². The molecular formula is C14H18O3S. The van der Waals surface area contributed by atoms with Crippen molar-refractivity contribution < 1.29 is 14.3 Å². The van der Waals surface area contributed by atoms with E-state index >= 15 is 0 Å². The van der Waals surface area contributed by atoms with Gasteiger partial charge in [-0.1, -0.05) is 31.2 Å². The smallest absolute Gasteiger partial charge is 0.315 e. The van der Waals surface area contributed by atoms with Gasteiger partial charge < -0.3 is 4.74 Å². The van der Waals surface area contributed by atoms with E-state index in [0.29, 0.717) is 5.56 Å². The summed E-state index contributed by atoms with van der Waals surface area (Å²) >= 11 is 1.30. The highest BCUT2D eigenvalue weighted by atomic mass is 32.2. The van der Waals surface area contributed by atoms with E-state index in [4.69, 9.17) is 0 Å². The normalized spacial score (nSPS) is 11.9. The van der Waals surface area contributed by atoms with Crippen molar-refractivity contribution in [2.75, 3.05) is 12.9 Å². The Hall–Kier alpha value is -1.29. The van der Waals surface area contributed by atoms with Crippen LogP contribution < -0.4 is 0 Å². The molecule has 0 amide bonds. The van der Waals surface area contributed by atoms with Crippen LogP contribution in [0, 0.1) is 0 Å². The first-order chi connectivity index (χ1) is 8.58. The molecule has 0 heterocycles. The Morgan fingerprint density at radius 3 is 2.39 bits per heavy atom. The van der Waals surface area contributed by atoms with E-state index in [9.17, 15) is 9.59 Å². The maximum absolute atomic E-state index is 12.1. The van der Waals surface area contributed by atoms with Crippen LogP contribution in [-0.2, 0) is 16.0 Å². The lowest BCUT2D eigenvalue weighted by molar-refractivity contribution is -0.137. The van der Waals surface area contributed by atoms with Crippen molar-refractivity contribution in [2.24, 2.45) is 0 Å². The minimum atomic E-state index is -0.305. The summed E-state index contributed by atoms with van der Waals surface area (Å²) in [5.41, 5.74) is 1.90. The van der Waals surface area contributed by atoms with Gasteiger partial charge >= 0.3 is 5.97 Å². The molecule has 0 fully saturated rings. The van der Waals surface area contributed by atoms with E-state index in [1.165, 1.54) is 24.4 Å². The van der Waals surface area contributed by atoms with Crippen molar-refractivity contribution in [1.82, 2.24) is 0 Å². The van der Waals surface area contributed by atoms with E-state index in [1.54, 1.807) is 0 Å². The van der Waals surface area contributed by atoms with Gasteiger partial charge in [0.25, 0.3) is 0 Å². The number of methoxy groups -OCH3 is 1. The number of carbonyl (C=O) groups is 2. The molecule has 1 unspecified atom stereocenters. The van der Waals surface area contributed by atoms with Gasteiger partial charge in [0.1, 0.15) is 0 Å². The summed E-state index contributed by atoms with van der Waals surface area (Å²) in [6.07, 6.45) is 0.959. The molecule has 0 aliphatic rings. The number of carbonyl (C=O) groups excluding carboxylic acids is 2. The Balaban J connectivity index is 2.59. The number of benzene rings is 1. The molecule has 0 saturated heterocycles. The maximum atomic E-state index is 12.1. The van der Waals surface area contributed by atoms with Crippen LogP contribution in [0.1, 0.15) is 29.8 Å². The number of Topliss-reactive ketones (excluding diaryl/α,β-unsaturated/α-hetero) is 1. The molecule has 0 saturated carbocycles. The standard InChI is InChI=1S/C14H18O3S/c1-4-11-5-7-12(8-6-11)14(16)10(2)18-9-13(15)17-3/h5-8,10H,4,9H2,1-3H3. The molecule has 1 rings (SSSR count). The molecular weight excluding hydrogens is 248 g/mol. The number of esters is 1. The number of thioether (sulfide) groups is 1. The minimum absolute atomic E-state index is 0.0477. The van der Waals surface area contributed by atoms with Crippen molar-refractivity contribution in [3.63, 3.8) is 0 Å². The molecule has 1 aromatic carbocycles. The lowest BCUT2D eigenvalue weighted by Gasteiger charge is -2.09. The molecule has 18 heavy (non-hydrogen) atoms. The van der Waals surface area contributed by atoms with E-state index in [0.717, 1.165) is 6.42 Å². The number of aryl methyl sites for hydroxylation is 1. The van der Waals surface area contributed by atoms with Gasteiger partial charge in [-0.3, -0.25) is 9.59 Å². The van der Waals surface area contributed by atoms with Gasteiger partial charge in [-0.15, -0.1) is 11.8 Å². The highest BCUT2D eigenvalue weighted by Gasteiger charge is 2.17. The maximum Gasteiger partial charge on any atom is 0.315 e. The summed E-state index contributed by atoms with van der Waals surface area (Å²) in [6, 6.07) is 7.61. The molecule has 0 aliphatic heterocycles. The molecule has 1 atom stereocenters. The fourth-order valence-corrected chi connectivity index (χ4v) is 2.26. The van der Waals surface area contributed by atoms with Crippen LogP contribution in [0.2, 0.25) is 0 Å². The first-order valence-electron chi connectivity index (χ1n) is 5.90. The van der Waals surface area contributed by atoms with Gasteiger partial charge in [0.05, 0.1) is 18.1 Å². The van der Waals surface area contributed by atoms with Crippen LogP contribution in [0.25, 0.3) is 0 Å². The molecule has 0 N–H and O–H groups in total. The van der Waals surface area contributed by atoms with Gasteiger partial charge in [-0.25, -0.2) is 0 Å². The second-order valence-electron chi connectivity index (χ2n) is 3.94. The second kappa shape index (κ2) is 7.21. The molecule has 0 spiro atoms. The van der Waals surface area contributed by atoms with E-state index in [2.05, 4.69) is 11.7 Å². The zero-order chi connectivity index (χ0) is 13.5. The minimum Gasteiger partial charge on any atom is -0.468 e. The average molecular weight is 266 g/mol. The third-order valence-corrected chi connectivity index (χ3v) is 3.81. The van der Waals surface area contributed by atoms with Gasteiger partial charge in [0.2, 0.25) is 0 Å². The fraction of sp³-hybridized carbons (Fsp3) is 0.429. The highest BCUT2D eigenvalue weighted by Crippen LogP contribution is 2.17. The van der Waals surface area contributed by atoms with Crippen molar-refractivity contribution in [2.45, 2.75) is 25.5 Å². The zero-order valence-electron chi connectivity index (χ0n) is 10.9. The summed E-state index contributed by atoms with van der Waals surface area (Å²) in [5, 5.41) is -0.239. The molecule has 0 aliphatic carbocycles. The zero-order valence-corrected chi connectivity index (χ0v) is 11.8. The lowest BCUT2D eigenvalue weighted by Crippen LogP contribution is -2.16. The average Bonchev–Trinajstić information content (AvgIpc) is 2.43. The van der Waals surface area contributed by atoms with Crippen LogP contribution >= 0.6 is 11.8 Å². The summed E-state index contributed by atoms with van der Waals surface area (Å²) in [6.45, 7) is 3.88. The summed E-state index contributed by atoms with van der Waals surface area (Å²) in [5.74, 6) is -0.0521. The molecule has 0 radical (unpaired) electrons. The Morgan fingerprint density at radius 2 is 1.89 bits per heavy atom. The fourth-order valence-electron chi connectivity index (χ4n) is 1.47. The lowest BCUT2D eigenvalue weighted by atomic mass is 10.1. The summed E-state index contributed by atoms with van der Waals surface area (Å²) < 4.78 is 4.55. The van der Waals surface area contributed by atoms with Crippen LogP contribution in [0.4, 0.5) is 0 Å². The molecule has 3 nitrogen and oxygen atoms in total. The topological polar surface area (TPSA) is 43.4 Å². The number of rotatable bonds is 6. The van der Waals surface area contributed by atoms with Crippen LogP contribution in [0.15, 0.2) is 24.3 Å². The van der Waals surface area contributed by atoms with Gasteiger partial charge in [-0.2, -0.15) is 0 Å². The second-order valence-corrected chi connectivity index (χ2v) is 5.27. The summed E-state index contributed by atoms with van der Waals surface area (Å²) in [7, 11) is 1.35. The van der Waals surface area contributed by atoms with Crippen LogP contribution in [0.3, 0.4) is 0 Å². The van der Waals surface area contributed by atoms with Crippen LogP contribution in [-0.4, -0.2) is 29.9 Å². The quantitative estimate of drug-likeness (QED) is 0.586. The van der Waals surface area contributed by atoms with E-state index in [-0.39, 0.29) is 22.8 Å². The van der Waals surface area contributed by atoms with Gasteiger partial charge in [-0.05, 0) is 18.9 Å². The molecule has 1 aromatic rings. The summed E-state index contributed by atoms with van der Waals surface area (Å²) in [4.78, 5) is 23.1. The van der Waals surface area contributed by atoms with Crippen molar-refractivity contribution in [1.29, 1.82) is 0 Å². The number of ketones is 1. The first kappa shape index (κ1) is 14.8. The largest absolute Gasteiger partial charge is 0.468 e. The number of hydrogen-bond acceptors (Lipinski definition) is 4. The third-order valence-electron chi connectivity index (χ3n) is 2.69. The van der Waals surface area contributed by atoms with E-state index in [1.807, 2.05) is 31.2 Å². The Morgan fingerprint density at radius 1 is 1.28 bits per heavy atom. The Bertz CT molecular complexity index is 412. The third kappa shape index (κ3) is 4.18. The SMILES string of the molecule is CCc1ccc(C(=O)C(C)SCC(=O)OC)cc1. The monoisotopic (exact) mass is 266 g/mol. The first-order valence-corrected chi connectivity index (χ1v) is 6.95. The predicted molar refractivity (Wildman–Crippen MR) is 74.1 cm³/mol.